The molecule has 29 heavy (non-hydrogen) atoms. The maximum absolute atomic E-state index is 12.2. The fourth-order valence-electron chi connectivity index (χ4n) is 2.56. The number of nitrogens with zero attached hydrogens (tertiary/aromatic N) is 2. The first-order chi connectivity index (χ1) is 13.7. The first-order valence-electron chi connectivity index (χ1n) is 8.51. The number of rotatable bonds is 5. The molecular formula is C18H20N6O3S2. The van der Waals surface area contributed by atoms with Crippen LogP contribution in [0.1, 0.15) is 17.3 Å². The summed E-state index contributed by atoms with van der Waals surface area (Å²) in [5.74, 6) is 0.0281. The number of aryl methyl sites for hydroxylation is 1. The van der Waals surface area contributed by atoms with E-state index >= 15 is 0 Å². The molecule has 0 bridgehead atoms. The summed E-state index contributed by atoms with van der Waals surface area (Å²) in [5.41, 5.74) is 8.31. The molecule has 1 aliphatic heterocycles. The van der Waals surface area contributed by atoms with Gasteiger partial charge in [0.1, 0.15) is 0 Å². The number of nitrogens with two attached hydrogens (primary N) is 2. The molecule has 6 N–H and O–H groups in total. The molecule has 0 aromatic heterocycles. The van der Waals surface area contributed by atoms with Gasteiger partial charge in [-0.15, -0.1) is 0 Å². The smallest absolute Gasteiger partial charge is 0.238 e. The largest absolute Gasteiger partial charge is 0.370 e. The summed E-state index contributed by atoms with van der Waals surface area (Å²) >= 11 is 1.19. The van der Waals surface area contributed by atoms with Crippen LogP contribution in [0.15, 0.2) is 63.4 Å². The number of aliphatic imine (C=N–C) groups is 2. The molecule has 0 spiro atoms. The monoisotopic (exact) mass is 432 g/mol. The van der Waals surface area contributed by atoms with E-state index in [0.29, 0.717) is 10.9 Å². The van der Waals surface area contributed by atoms with Crippen LogP contribution in [0.5, 0.6) is 0 Å². The zero-order chi connectivity index (χ0) is 21.0. The fraction of sp³-hybridized carbons (Fsp3) is 0.167. The Balaban J connectivity index is 1.60. The van der Waals surface area contributed by atoms with Crippen molar-refractivity contribution in [1.29, 1.82) is 0 Å². The maximum Gasteiger partial charge on any atom is 0.238 e. The highest BCUT2D eigenvalue weighted by molar-refractivity contribution is 8.14. The second kappa shape index (κ2) is 8.64. The molecule has 2 aromatic carbocycles. The summed E-state index contributed by atoms with van der Waals surface area (Å²) in [6.45, 7) is 1.98. The van der Waals surface area contributed by atoms with Gasteiger partial charge in [-0.25, -0.2) is 23.5 Å². The molecule has 2 aromatic rings. The van der Waals surface area contributed by atoms with Gasteiger partial charge in [-0.05, 0) is 36.8 Å². The minimum absolute atomic E-state index is 0.0254. The molecule has 0 fully saturated rings. The van der Waals surface area contributed by atoms with Crippen molar-refractivity contribution in [2.24, 2.45) is 20.9 Å². The van der Waals surface area contributed by atoms with Crippen LogP contribution in [-0.4, -0.2) is 31.2 Å². The van der Waals surface area contributed by atoms with Crippen LogP contribution in [0.25, 0.3) is 0 Å². The number of carbonyl (C=O) groups excluding carboxylic acids is 1. The summed E-state index contributed by atoms with van der Waals surface area (Å²) < 4.78 is 22.5. The summed E-state index contributed by atoms with van der Waals surface area (Å²) in [7, 11) is -3.77. The minimum Gasteiger partial charge on any atom is -0.370 e. The number of anilines is 1. The fourth-order valence-corrected chi connectivity index (χ4v) is 3.76. The molecule has 0 saturated carbocycles. The third-order valence-corrected chi connectivity index (χ3v) is 5.70. The van der Waals surface area contributed by atoms with Crippen molar-refractivity contribution in [3.8, 4) is 0 Å². The minimum atomic E-state index is -3.77. The van der Waals surface area contributed by atoms with Crippen LogP contribution in [-0.2, 0) is 14.8 Å². The van der Waals surface area contributed by atoms with Crippen molar-refractivity contribution in [1.82, 2.24) is 5.32 Å². The van der Waals surface area contributed by atoms with Crippen LogP contribution in [0.3, 0.4) is 0 Å². The summed E-state index contributed by atoms with van der Waals surface area (Å²) in [4.78, 5) is 21.0. The highest BCUT2D eigenvalue weighted by Gasteiger charge is 2.18. The number of hydrogen-bond donors (Lipinski definition) is 4. The number of hydrogen-bond acceptors (Lipinski definition) is 8. The first kappa shape index (κ1) is 20.8. The van der Waals surface area contributed by atoms with E-state index in [0.717, 1.165) is 11.1 Å². The Hall–Kier alpha value is -2.89. The van der Waals surface area contributed by atoms with Gasteiger partial charge in [0.05, 0.1) is 10.6 Å². The van der Waals surface area contributed by atoms with E-state index in [1.54, 1.807) is 0 Å². The summed E-state index contributed by atoms with van der Waals surface area (Å²) in [6.07, 6.45) is -0.465. The predicted molar refractivity (Wildman–Crippen MR) is 115 cm³/mol. The Morgan fingerprint density at radius 1 is 1.21 bits per heavy atom. The van der Waals surface area contributed by atoms with Crippen LogP contribution in [0.4, 0.5) is 5.69 Å². The molecule has 152 valence electrons. The van der Waals surface area contributed by atoms with Crippen LogP contribution < -0.4 is 21.5 Å². The van der Waals surface area contributed by atoms with Gasteiger partial charge in [0, 0.05) is 5.69 Å². The van der Waals surface area contributed by atoms with Crippen molar-refractivity contribution >= 4 is 44.5 Å². The van der Waals surface area contributed by atoms with Crippen LogP contribution >= 0.6 is 11.8 Å². The molecule has 3 rings (SSSR count). The molecule has 0 radical (unpaired) electrons. The van der Waals surface area contributed by atoms with Crippen LogP contribution in [0, 0.1) is 6.92 Å². The zero-order valence-corrected chi connectivity index (χ0v) is 17.1. The van der Waals surface area contributed by atoms with Gasteiger partial charge in [-0.3, -0.25) is 4.79 Å². The standard InChI is InChI=1S/C18H20N6O3S2/c1-11-3-2-4-12(9-11)16-22-17(19)24-18(23-16)28-10-15(25)21-13-5-7-14(8-6-13)29(20,26)27/h2-9,16H,10H2,1H3,(H,21,25)(H2,20,26,27)(H3,19,22,23,24)/t16-/m1/s1. The molecule has 9 nitrogen and oxygen atoms in total. The number of carbonyl (C=O) groups is 1. The second-order valence-electron chi connectivity index (χ2n) is 6.27. The number of sulfonamides is 1. The van der Waals surface area contributed by atoms with Gasteiger partial charge in [0.2, 0.25) is 15.9 Å². The van der Waals surface area contributed by atoms with E-state index in [4.69, 9.17) is 10.9 Å². The lowest BCUT2D eigenvalue weighted by atomic mass is 10.1. The normalized spacial score (nSPS) is 16.4. The maximum atomic E-state index is 12.2. The van der Waals surface area contributed by atoms with E-state index < -0.39 is 16.2 Å². The zero-order valence-electron chi connectivity index (χ0n) is 15.5. The topological polar surface area (TPSA) is 152 Å². The molecule has 1 amide bonds. The van der Waals surface area contributed by atoms with Crippen molar-refractivity contribution in [2.75, 3.05) is 11.1 Å². The van der Waals surface area contributed by atoms with Gasteiger partial charge in [-0.2, -0.15) is 0 Å². The third-order valence-electron chi connectivity index (χ3n) is 3.88. The Kier molecular flexibility index (Phi) is 6.20. The Labute approximate surface area is 172 Å². The van der Waals surface area contributed by atoms with Crippen molar-refractivity contribution in [2.45, 2.75) is 18.0 Å². The molecule has 1 aliphatic rings. The number of amidine groups is 1. The van der Waals surface area contributed by atoms with Crippen molar-refractivity contribution in [3.05, 3.63) is 59.7 Å². The van der Waals surface area contributed by atoms with E-state index in [9.17, 15) is 13.2 Å². The lowest BCUT2D eigenvalue weighted by Gasteiger charge is -2.19. The van der Waals surface area contributed by atoms with Gasteiger partial charge >= 0.3 is 0 Å². The number of amides is 1. The average Bonchev–Trinajstić information content (AvgIpc) is 2.66. The van der Waals surface area contributed by atoms with E-state index in [-0.39, 0.29) is 22.5 Å². The Morgan fingerprint density at radius 3 is 2.59 bits per heavy atom. The van der Waals surface area contributed by atoms with E-state index in [2.05, 4.69) is 20.6 Å². The first-order valence-corrected chi connectivity index (χ1v) is 11.0. The highest BCUT2D eigenvalue weighted by Crippen LogP contribution is 2.23. The number of nitrogens with one attached hydrogen (secondary N) is 2. The lowest BCUT2D eigenvalue weighted by Crippen LogP contribution is -2.39. The van der Waals surface area contributed by atoms with Gasteiger partial charge in [-0.1, -0.05) is 41.6 Å². The SMILES string of the molecule is Cc1cccc([C@@H]2N=C(N)NC(SCC(=O)Nc3ccc(S(N)(=O)=O)cc3)=N2)c1. The van der Waals surface area contributed by atoms with Crippen molar-refractivity contribution in [3.63, 3.8) is 0 Å². The Bertz CT molecular complexity index is 1080. The number of guanidine groups is 1. The number of benzene rings is 2. The third kappa shape index (κ3) is 5.79. The Morgan fingerprint density at radius 2 is 1.93 bits per heavy atom. The molecule has 0 aliphatic carbocycles. The average molecular weight is 433 g/mol. The predicted octanol–water partition coefficient (Wildman–Crippen LogP) is 1.29. The summed E-state index contributed by atoms with van der Waals surface area (Å²) in [5, 5.41) is 11.1. The van der Waals surface area contributed by atoms with Gasteiger partial charge in [0.15, 0.2) is 17.3 Å². The van der Waals surface area contributed by atoms with Crippen molar-refractivity contribution < 1.29 is 13.2 Å². The van der Waals surface area contributed by atoms with E-state index in [1.165, 1.54) is 36.0 Å². The number of primary sulfonamides is 1. The molecule has 1 atom stereocenters. The second-order valence-corrected chi connectivity index (χ2v) is 8.79. The number of thioether (sulfide) groups is 1. The highest BCUT2D eigenvalue weighted by atomic mass is 32.2. The quantitative estimate of drug-likeness (QED) is 0.558. The summed E-state index contributed by atoms with van der Waals surface area (Å²) in [6, 6.07) is 13.4. The van der Waals surface area contributed by atoms with Crippen LogP contribution in [0.2, 0.25) is 0 Å². The van der Waals surface area contributed by atoms with Gasteiger partial charge in [0.25, 0.3) is 0 Å². The molecule has 0 saturated heterocycles. The molecule has 11 heteroatoms. The molecular weight excluding hydrogens is 412 g/mol. The van der Waals surface area contributed by atoms with Gasteiger partial charge < -0.3 is 16.4 Å². The lowest BCUT2D eigenvalue weighted by molar-refractivity contribution is -0.113. The molecule has 1 heterocycles. The van der Waals surface area contributed by atoms with E-state index in [1.807, 2.05) is 31.2 Å². The molecule has 0 unspecified atom stereocenters.